The lowest BCUT2D eigenvalue weighted by Gasteiger charge is -2.30. The maximum atomic E-state index is 13.4. The van der Waals surface area contributed by atoms with Crippen molar-refractivity contribution >= 4 is 42.2 Å². The largest absolute Gasteiger partial charge is 0.480 e. The van der Waals surface area contributed by atoms with E-state index in [2.05, 4.69) is 33.9 Å². The maximum Gasteiger partial charge on any atom is 0.326 e. The van der Waals surface area contributed by atoms with Crippen LogP contribution in [-0.2, 0) is 24.0 Å². The Balaban J connectivity index is 5.07. The van der Waals surface area contributed by atoms with Crippen molar-refractivity contribution in [1.82, 2.24) is 21.3 Å². The van der Waals surface area contributed by atoms with Gasteiger partial charge in [-0.25, -0.2) is 4.79 Å². The van der Waals surface area contributed by atoms with E-state index in [1.165, 1.54) is 25.7 Å². The number of aliphatic carboxylic acids is 1. The van der Waals surface area contributed by atoms with Crippen LogP contribution in [0.4, 0.5) is 0 Å². The lowest BCUT2D eigenvalue weighted by molar-refractivity contribution is -0.143. The number of thiol groups is 1. The number of hydrogen-bond acceptors (Lipinski definition) is 7. The Morgan fingerprint density at radius 1 is 0.682 bits per heavy atom. The Morgan fingerprint density at radius 2 is 1.18 bits per heavy atom. The van der Waals surface area contributed by atoms with Crippen LogP contribution >= 0.6 is 12.6 Å². The normalized spacial score (nSPS) is 14.8. The van der Waals surface area contributed by atoms with Crippen molar-refractivity contribution < 1.29 is 29.1 Å². The van der Waals surface area contributed by atoms with E-state index in [1.807, 2.05) is 20.8 Å². The fourth-order valence-corrected chi connectivity index (χ4v) is 5.07. The Kier molecular flexibility index (Phi) is 22.7. The van der Waals surface area contributed by atoms with E-state index in [-0.39, 0.29) is 35.8 Å². The molecule has 5 atom stereocenters. The summed E-state index contributed by atoms with van der Waals surface area (Å²) >= 11 is 4.24. The summed E-state index contributed by atoms with van der Waals surface area (Å²) in [5, 5.41) is 20.3. The molecule has 0 heterocycles. The highest BCUT2D eigenvalue weighted by Crippen LogP contribution is 2.13. The van der Waals surface area contributed by atoms with Gasteiger partial charge in [0.25, 0.3) is 0 Å². The first-order chi connectivity index (χ1) is 20.8. The molecule has 0 aliphatic heterocycles. The maximum absolute atomic E-state index is 13.4. The molecule has 4 amide bonds. The molecular formula is C32H61N5O6S. The predicted molar refractivity (Wildman–Crippen MR) is 178 cm³/mol. The number of unbranched alkanes of at least 4 members (excludes halogenated alkanes) is 8. The highest BCUT2D eigenvalue weighted by Gasteiger charge is 2.34. The molecule has 0 aromatic carbocycles. The summed E-state index contributed by atoms with van der Waals surface area (Å²) in [6, 6.07) is -3.98. The molecule has 0 aliphatic rings. The second-order valence-corrected chi connectivity index (χ2v) is 13.0. The van der Waals surface area contributed by atoms with Gasteiger partial charge < -0.3 is 32.1 Å². The average Bonchev–Trinajstić information content (AvgIpc) is 2.96. The average molecular weight is 644 g/mol. The second kappa shape index (κ2) is 24.0. The standard InChI is InChI=1S/C32H61N5O6S/c1-7-23(6)28(31(41)35-24(32(42)43)19-21(2)3)37-30(40)27(22(4)5)36-29(39)25(20-44)34-26(38)17-15-13-11-9-8-10-12-14-16-18-33/h21-25,27-28,44H,7-20,33H2,1-6H3,(H,34,38)(H,35,41)(H,36,39)(H,37,40)(H,42,43)/t23-,24-,25+,27-,28-/m0/s1. The predicted octanol–water partition coefficient (Wildman–Crippen LogP) is 3.55. The molecule has 44 heavy (non-hydrogen) atoms. The Morgan fingerprint density at radius 3 is 1.64 bits per heavy atom. The number of nitrogens with one attached hydrogen (secondary N) is 4. The second-order valence-electron chi connectivity index (χ2n) is 12.7. The van der Waals surface area contributed by atoms with Gasteiger partial charge in [0.05, 0.1) is 0 Å². The van der Waals surface area contributed by atoms with Crippen LogP contribution in [0.1, 0.15) is 119 Å². The molecule has 0 saturated heterocycles. The summed E-state index contributed by atoms with van der Waals surface area (Å²) in [4.78, 5) is 63.8. The molecule has 12 heteroatoms. The van der Waals surface area contributed by atoms with E-state index in [0.29, 0.717) is 12.8 Å². The monoisotopic (exact) mass is 643 g/mol. The van der Waals surface area contributed by atoms with E-state index in [0.717, 1.165) is 38.6 Å². The van der Waals surface area contributed by atoms with Crippen LogP contribution in [0.15, 0.2) is 0 Å². The van der Waals surface area contributed by atoms with Crippen LogP contribution < -0.4 is 27.0 Å². The van der Waals surface area contributed by atoms with Crippen molar-refractivity contribution in [3.05, 3.63) is 0 Å². The Bertz CT molecular complexity index is 872. The van der Waals surface area contributed by atoms with Gasteiger partial charge in [-0.1, -0.05) is 92.9 Å². The summed E-state index contributed by atoms with van der Waals surface area (Å²) in [6.07, 6.45) is 10.9. The fourth-order valence-electron chi connectivity index (χ4n) is 4.82. The summed E-state index contributed by atoms with van der Waals surface area (Å²) < 4.78 is 0. The van der Waals surface area contributed by atoms with Gasteiger partial charge in [-0.15, -0.1) is 0 Å². The van der Waals surface area contributed by atoms with Gasteiger partial charge in [-0.2, -0.15) is 12.6 Å². The molecule has 0 spiro atoms. The summed E-state index contributed by atoms with van der Waals surface area (Å²) in [5.74, 6) is -3.59. The van der Waals surface area contributed by atoms with Crippen molar-refractivity contribution in [1.29, 1.82) is 0 Å². The van der Waals surface area contributed by atoms with Gasteiger partial charge in [-0.3, -0.25) is 19.2 Å². The van der Waals surface area contributed by atoms with Gasteiger partial charge in [0.15, 0.2) is 0 Å². The SMILES string of the molecule is CC[C@H](C)[C@H](NC(=O)[C@@H](NC(=O)[C@@H](CS)NC(=O)CCCCCCCCCCCN)C(C)C)C(=O)N[C@@H](CC(C)C)C(=O)O. The third-order valence-corrected chi connectivity index (χ3v) is 8.17. The zero-order chi connectivity index (χ0) is 33.7. The van der Waals surface area contributed by atoms with Gasteiger partial charge in [0, 0.05) is 12.2 Å². The highest BCUT2D eigenvalue weighted by molar-refractivity contribution is 7.80. The first-order valence-corrected chi connectivity index (χ1v) is 17.2. The van der Waals surface area contributed by atoms with Gasteiger partial charge in [0.2, 0.25) is 23.6 Å². The minimum Gasteiger partial charge on any atom is -0.480 e. The summed E-state index contributed by atoms with van der Waals surface area (Å²) in [5.41, 5.74) is 5.52. The van der Waals surface area contributed by atoms with E-state index < -0.39 is 47.9 Å². The zero-order valence-electron chi connectivity index (χ0n) is 28.0. The quantitative estimate of drug-likeness (QED) is 0.0587. The minimum absolute atomic E-state index is 0.0422. The van der Waals surface area contributed by atoms with Crippen molar-refractivity contribution in [2.75, 3.05) is 12.3 Å². The van der Waals surface area contributed by atoms with E-state index in [1.54, 1.807) is 20.8 Å². The Labute approximate surface area is 270 Å². The van der Waals surface area contributed by atoms with Gasteiger partial charge in [-0.05, 0) is 43.6 Å². The van der Waals surface area contributed by atoms with Crippen molar-refractivity contribution in [2.45, 2.75) is 143 Å². The molecule has 0 bridgehead atoms. The summed E-state index contributed by atoms with van der Waals surface area (Å²) in [6.45, 7) is 11.7. The number of carbonyl (C=O) groups excluding carboxylic acids is 4. The number of hydrogen-bond donors (Lipinski definition) is 7. The lowest BCUT2D eigenvalue weighted by Crippen LogP contribution is -2.60. The molecular weight excluding hydrogens is 582 g/mol. The Hall–Kier alpha value is -2.34. The van der Waals surface area contributed by atoms with Gasteiger partial charge >= 0.3 is 5.97 Å². The molecule has 0 radical (unpaired) electrons. The number of amides is 4. The minimum atomic E-state index is -1.14. The molecule has 0 rings (SSSR count). The summed E-state index contributed by atoms with van der Waals surface area (Å²) in [7, 11) is 0. The highest BCUT2D eigenvalue weighted by atomic mass is 32.1. The first-order valence-electron chi connectivity index (χ1n) is 16.5. The molecule has 0 aromatic rings. The van der Waals surface area contributed by atoms with Crippen LogP contribution in [-0.4, -0.2) is 71.2 Å². The topological polar surface area (TPSA) is 180 Å². The number of rotatable bonds is 25. The smallest absolute Gasteiger partial charge is 0.326 e. The van der Waals surface area contributed by atoms with Crippen LogP contribution in [0.2, 0.25) is 0 Å². The number of nitrogens with two attached hydrogens (primary N) is 1. The van der Waals surface area contributed by atoms with Crippen molar-refractivity contribution in [3.8, 4) is 0 Å². The third-order valence-electron chi connectivity index (χ3n) is 7.80. The molecule has 0 saturated carbocycles. The third kappa shape index (κ3) is 17.8. The number of carboxylic acids is 1. The first kappa shape index (κ1) is 41.7. The molecule has 7 N–H and O–H groups in total. The van der Waals surface area contributed by atoms with Crippen LogP contribution in [0.5, 0.6) is 0 Å². The molecule has 11 nitrogen and oxygen atoms in total. The van der Waals surface area contributed by atoms with Crippen LogP contribution in [0.3, 0.4) is 0 Å². The molecule has 256 valence electrons. The van der Waals surface area contributed by atoms with Crippen molar-refractivity contribution in [2.24, 2.45) is 23.5 Å². The molecule has 0 fully saturated rings. The lowest BCUT2D eigenvalue weighted by atomic mass is 9.95. The zero-order valence-corrected chi connectivity index (χ0v) is 28.8. The van der Waals surface area contributed by atoms with E-state index >= 15 is 0 Å². The molecule has 0 unspecified atom stereocenters. The number of carbonyl (C=O) groups is 5. The van der Waals surface area contributed by atoms with E-state index in [4.69, 9.17) is 5.73 Å². The molecule has 0 aliphatic carbocycles. The van der Waals surface area contributed by atoms with Crippen molar-refractivity contribution in [3.63, 3.8) is 0 Å². The number of carboxylic acid groups (broad SMARTS) is 1. The molecule has 0 aromatic heterocycles. The fraction of sp³-hybridized carbons (Fsp3) is 0.844. The van der Waals surface area contributed by atoms with Crippen LogP contribution in [0.25, 0.3) is 0 Å². The van der Waals surface area contributed by atoms with E-state index in [9.17, 15) is 29.1 Å². The van der Waals surface area contributed by atoms with Gasteiger partial charge in [0.1, 0.15) is 24.2 Å². The van der Waals surface area contributed by atoms with Crippen LogP contribution in [0, 0.1) is 17.8 Å².